The van der Waals surface area contributed by atoms with Crippen LogP contribution >= 0.6 is 0 Å². The van der Waals surface area contributed by atoms with Crippen LogP contribution in [0, 0.1) is 13.8 Å². The van der Waals surface area contributed by atoms with Crippen LogP contribution in [0.1, 0.15) is 22.3 Å². The van der Waals surface area contributed by atoms with Crippen molar-refractivity contribution in [3.8, 4) is 11.1 Å². The molecule has 0 aliphatic heterocycles. The molecule has 13 rings (SSSR count). The second-order valence-corrected chi connectivity index (χ2v) is 18.6. The molecule has 0 bridgehead atoms. The maximum Gasteiger partial charge on any atom is 0.416 e. The van der Waals surface area contributed by atoms with Gasteiger partial charge in [-0.05, 0) is 163 Å². The summed E-state index contributed by atoms with van der Waals surface area (Å²) in [6.45, 7) is 3.99. The van der Waals surface area contributed by atoms with E-state index in [0.29, 0.717) is 22.5 Å². The average Bonchev–Trinajstić information content (AvgIpc) is 4.03. The largest absolute Gasteiger partial charge is 0.456 e. The number of nitrogens with zero attached hydrogens (tertiary/aromatic N) is 3. The molecule has 0 atom stereocenters. The van der Waals surface area contributed by atoms with E-state index in [1.807, 2.05) is 115 Å². The van der Waals surface area contributed by atoms with Crippen molar-refractivity contribution in [3.63, 3.8) is 0 Å². The SMILES string of the molecule is Cc1ccc(N(c2ccc(C(F)(F)F)cc2)c2ccc3c(c2)oc2cc4ccc5c(c4cc23)c2cc(-c3ccccc3)cc3c4ccc(N(c6ccc(C)cc6)c6ccc(C(F)(F)F)cc6)cc4n5c32)cc1. The van der Waals surface area contributed by atoms with Gasteiger partial charge >= 0.3 is 12.4 Å². The highest BCUT2D eigenvalue weighted by molar-refractivity contribution is 6.31. The zero-order chi connectivity index (χ0) is 49.2. The maximum atomic E-state index is 13.8. The Kier molecular flexibility index (Phi) is 9.54. The minimum Gasteiger partial charge on any atom is -0.456 e. The Hall–Kier alpha value is -8.76. The van der Waals surface area contributed by atoms with Gasteiger partial charge in [-0.2, -0.15) is 26.3 Å². The molecule has 72 heavy (non-hydrogen) atoms. The third kappa shape index (κ3) is 7.00. The van der Waals surface area contributed by atoms with Crippen LogP contribution in [-0.4, -0.2) is 4.40 Å². The second kappa shape index (κ2) is 15.9. The van der Waals surface area contributed by atoms with Crippen LogP contribution in [0.4, 0.5) is 60.5 Å². The van der Waals surface area contributed by atoms with Crippen molar-refractivity contribution in [2.24, 2.45) is 0 Å². The van der Waals surface area contributed by atoms with E-state index >= 15 is 0 Å². The highest BCUT2D eigenvalue weighted by Gasteiger charge is 2.32. The molecule has 0 saturated carbocycles. The van der Waals surface area contributed by atoms with Gasteiger partial charge in [0.15, 0.2) is 0 Å². The van der Waals surface area contributed by atoms with Crippen LogP contribution in [0.5, 0.6) is 0 Å². The minimum absolute atomic E-state index is 0.568. The molecule has 3 aromatic heterocycles. The van der Waals surface area contributed by atoms with Crippen LogP contribution in [0.2, 0.25) is 0 Å². The molecular formula is C62H39F6N3O. The number of halogens is 6. The number of furan rings is 1. The lowest BCUT2D eigenvalue weighted by atomic mass is 9.96. The van der Waals surface area contributed by atoms with Gasteiger partial charge in [-0.1, -0.05) is 77.9 Å². The summed E-state index contributed by atoms with van der Waals surface area (Å²) < 4.78 is 91.4. The Labute approximate surface area is 408 Å². The fourth-order valence-corrected chi connectivity index (χ4v) is 10.6. The second-order valence-electron chi connectivity index (χ2n) is 18.6. The number of aryl methyl sites for hydroxylation is 2. The van der Waals surface area contributed by atoms with E-state index < -0.39 is 23.5 Å². The summed E-state index contributed by atoms with van der Waals surface area (Å²) in [5.74, 6) is 0. The number of anilines is 6. The molecular weight excluding hydrogens is 917 g/mol. The van der Waals surface area contributed by atoms with Crippen molar-refractivity contribution in [1.82, 2.24) is 4.40 Å². The summed E-state index contributed by atoms with van der Waals surface area (Å²) in [7, 11) is 0. The Bertz CT molecular complexity index is 4230. The molecule has 0 fully saturated rings. The van der Waals surface area contributed by atoms with E-state index in [2.05, 4.69) is 65.1 Å². The van der Waals surface area contributed by atoms with Crippen molar-refractivity contribution in [2.75, 3.05) is 9.80 Å². The molecule has 0 N–H and O–H groups in total. The van der Waals surface area contributed by atoms with E-state index in [0.717, 1.165) is 129 Å². The van der Waals surface area contributed by atoms with Gasteiger partial charge in [0.1, 0.15) is 11.2 Å². The third-order valence-electron chi connectivity index (χ3n) is 14.0. The standard InChI is InChI=1S/C62H39F6N3O/c1-36-8-17-43(18-9-36)69(45-21-13-41(14-22-45)61(63,64)65)47-25-27-49-53-30-40(38-6-4-3-5-7-38)31-54-59-51-35-52-50-28-26-48(70(44-19-10-37(2)11-20-44)46-23-15-42(16-24-46)62(66,67)68)34-58(50)72-57(52)32-39(51)12-29-55(59)71(60(53)54)56(49)33-47/h3-35H,1-2H3. The Morgan fingerprint density at radius 2 is 0.875 bits per heavy atom. The van der Waals surface area contributed by atoms with E-state index in [1.54, 1.807) is 0 Å². The number of rotatable bonds is 7. The maximum absolute atomic E-state index is 13.8. The molecule has 0 amide bonds. The fraction of sp³-hybridized carbons (Fsp3) is 0.0645. The number of fused-ring (bicyclic) bond motifs is 11. The van der Waals surface area contributed by atoms with E-state index in [9.17, 15) is 26.3 Å². The summed E-state index contributed by atoms with van der Waals surface area (Å²) >= 11 is 0. The number of hydrogen-bond donors (Lipinski definition) is 0. The topological polar surface area (TPSA) is 24.0 Å². The van der Waals surface area contributed by atoms with Gasteiger partial charge in [-0.25, -0.2) is 0 Å². The predicted octanol–water partition coefficient (Wildman–Crippen LogP) is 19.2. The van der Waals surface area contributed by atoms with Crippen LogP contribution in [0.3, 0.4) is 0 Å². The smallest absolute Gasteiger partial charge is 0.416 e. The summed E-state index contributed by atoms with van der Waals surface area (Å²) in [4.78, 5) is 3.92. The molecule has 13 aromatic rings. The first-order valence-electron chi connectivity index (χ1n) is 23.4. The predicted molar refractivity (Wildman–Crippen MR) is 280 cm³/mol. The molecule has 4 nitrogen and oxygen atoms in total. The first-order chi connectivity index (χ1) is 34.7. The Balaban J connectivity index is 1.02. The van der Waals surface area contributed by atoms with Crippen LogP contribution in [-0.2, 0) is 12.4 Å². The number of aromatic nitrogens is 1. The lowest BCUT2D eigenvalue weighted by molar-refractivity contribution is -0.138. The van der Waals surface area contributed by atoms with Crippen molar-refractivity contribution in [3.05, 3.63) is 222 Å². The van der Waals surface area contributed by atoms with Crippen molar-refractivity contribution < 1.29 is 30.8 Å². The van der Waals surface area contributed by atoms with Gasteiger partial charge in [0.05, 0.1) is 27.7 Å². The zero-order valence-corrected chi connectivity index (χ0v) is 38.6. The lowest BCUT2D eigenvalue weighted by Crippen LogP contribution is -2.11. The quantitative estimate of drug-likeness (QED) is 0.149. The normalized spacial score (nSPS) is 12.4. The first-order valence-corrected chi connectivity index (χ1v) is 23.4. The fourth-order valence-electron chi connectivity index (χ4n) is 10.6. The summed E-state index contributed by atoms with van der Waals surface area (Å²) in [6.07, 6.45) is -8.94. The van der Waals surface area contributed by atoms with Crippen molar-refractivity contribution in [1.29, 1.82) is 0 Å². The van der Waals surface area contributed by atoms with Gasteiger partial charge in [-0.15, -0.1) is 0 Å². The molecule has 3 heterocycles. The van der Waals surface area contributed by atoms with Gasteiger partial charge in [-0.3, -0.25) is 0 Å². The monoisotopic (exact) mass is 955 g/mol. The molecule has 350 valence electrons. The van der Waals surface area contributed by atoms with Gasteiger partial charge in [0.2, 0.25) is 0 Å². The van der Waals surface area contributed by atoms with Crippen LogP contribution in [0.25, 0.3) is 81.9 Å². The van der Waals surface area contributed by atoms with Gasteiger partial charge in [0.25, 0.3) is 0 Å². The minimum atomic E-state index is -4.47. The van der Waals surface area contributed by atoms with Gasteiger partial charge in [0, 0.05) is 72.5 Å². The zero-order valence-electron chi connectivity index (χ0n) is 38.6. The molecule has 0 saturated heterocycles. The summed E-state index contributed by atoms with van der Waals surface area (Å²) in [6, 6.07) is 61.9. The number of benzene rings is 10. The molecule has 10 aromatic carbocycles. The lowest BCUT2D eigenvalue weighted by Gasteiger charge is -2.26. The van der Waals surface area contributed by atoms with E-state index in [1.165, 1.54) is 24.3 Å². The van der Waals surface area contributed by atoms with Gasteiger partial charge < -0.3 is 18.6 Å². The summed E-state index contributed by atoms with van der Waals surface area (Å²) in [5.41, 5.74) is 11.4. The first kappa shape index (κ1) is 43.3. The van der Waals surface area contributed by atoms with Crippen molar-refractivity contribution in [2.45, 2.75) is 26.2 Å². The Morgan fingerprint density at radius 1 is 0.375 bits per heavy atom. The number of hydrogen-bond acceptors (Lipinski definition) is 3. The van der Waals surface area contributed by atoms with Crippen LogP contribution in [0.15, 0.2) is 205 Å². The van der Waals surface area contributed by atoms with Crippen LogP contribution < -0.4 is 9.80 Å². The van der Waals surface area contributed by atoms with Crippen molar-refractivity contribution >= 4 is 105 Å². The molecule has 0 aliphatic carbocycles. The highest BCUT2D eigenvalue weighted by Crippen LogP contribution is 2.48. The molecule has 0 spiro atoms. The van der Waals surface area contributed by atoms with E-state index in [4.69, 9.17) is 4.42 Å². The molecule has 10 heteroatoms. The highest BCUT2D eigenvalue weighted by atomic mass is 19.4. The van der Waals surface area contributed by atoms with E-state index in [-0.39, 0.29) is 0 Å². The summed E-state index contributed by atoms with van der Waals surface area (Å²) in [5, 5.41) is 8.06. The Morgan fingerprint density at radius 3 is 1.44 bits per heavy atom. The third-order valence-corrected chi connectivity index (χ3v) is 14.0. The molecule has 0 aliphatic rings. The molecule has 0 radical (unpaired) electrons. The molecule has 0 unspecified atom stereocenters. The number of alkyl halides is 6. The average molecular weight is 956 g/mol.